The zero-order valence-corrected chi connectivity index (χ0v) is 17.8. The number of carbonyl (C=O) groups is 3. The number of Topliss-reactive ketones (excluding diaryl/α,β-unsaturated/α-hetero) is 1. The molecule has 0 fully saturated rings. The van der Waals surface area contributed by atoms with Crippen LogP contribution in [0.15, 0.2) is 78.9 Å². The van der Waals surface area contributed by atoms with E-state index < -0.39 is 6.23 Å². The van der Waals surface area contributed by atoms with E-state index in [0.717, 1.165) is 11.3 Å². The Labute approximate surface area is 186 Å². The highest BCUT2D eigenvalue weighted by Gasteiger charge is 2.32. The minimum absolute atomic E-state index is 0.00211. The van der Waals surface area contributed by atoms with Crippen LogP contribution in [0.2, 0.25) is 0 Å². The van der Waals surface area contributed by atoms with Crippen LogP contribution in [0.3, 0.4) is 0 Å². The molecule has 0 aromatic heterocycles. The summed E-state index contributed by atoms with van der Waals surface area (Å²) in [5.41, 5.74) is 3.07. The van der Waals surface area contributed by atoms with Gasteiger partial charge < -0.3 is 10.1 Å². The molecule has 1 aliphatic rings. The smallest absolute Gasteiger partial charge is 0.260 e. The summed E-state index contributed by atoms with van der Waals surface area (Å²) in [7, 11) is 1.54. The molecule has 1 aliphatic heterocycles. The third-order valence-corrected chi connectivity index (χ3v) is 5.48. The first-order chi connectivity index (χ1) is 15.6. The number of rotatable bonds is 5. The molecule has 2 amide bonds. The molecule has 3 aromatic rings. The van der Waals surface area contributed by atoms with Crippen LogP contribution in [0.1, 0.15) is 39.1 Å². The third kappa shape index (κ3) is 4.60. The Bertz CT molecular complexity index is 1130. The van der Waals surface area contributed by atoms with Crippen molar-refractivity contribution in [2.24, 2.45) is 0 Å². The largest absolute Gasteiger partial charge is 0.361 e. The number of ketones is 1. The van der Waals surface area contributed by atoms with Crippen molar-refractivity contribution in [2.45, 2.75) is 25.5 Å². The first kappa shape index (κ1) is 21.5. The Morgan fingerprint density at radius 2 is 1.66 bits per heavy atom. The fourth-order valence-corrected chi connectivity index (χ4v) is 3.87. The van der Waals surface area contributed by atoms with E-state index in [0.29, 0.717) is 29.7 Å². The standard InChI is InChI=1S/C26H24N2O4/c1-32-25-16-15-23(29)21-9-5-6-10-22(21)28(25)26(31)19-13-11-18(12-14-19)17-24(30)27-20-7-3-2-4-8-20/h2-14,25H,15-17H2,1H3,(H,27,30). The number of hydrogen-bond acceptors (Lipinski definition) is 4. The number of benzene rings is 3. The topological polar surface area (TPSA) is 75.7 Å². The molecule has 3 aromatic carbocycles. The fraction of sp³-hybridized carbons (Fsp3) is 0.192. The molecule has 162 valence electrons. The van der Waals surface area contributed by atoms with Gasteiger partial charge in [0.15, 0.2) is 5.78 Å². The number of fused-ring (bicyclic) bond motifs is 1. The summed E-state index contributed by atoms with van der Waals surface area (Å²) >= 11 is 0. The van der Waals surface area contributed by atoms with Gasteiger partial charge in [0.25, 0.3) is 5.91 Å². The van der Waals surface area contributed by atoms with Gasteiger partial charge in [-0.3, -0.25) is 19.3 Å². The van der Waals surface area contributed by atoms with Crippen molar-refractivity contribution < 1.29 is 19.1 Å². The van der Waals surface area contributed by atoms with E-state index in [1.54, 1.807) is 53.4 Å². The van der Waals surface area contributed by atoms with Crippen molar-refractivity contribution in [3.05, 3.63) is 95.6 Å². The highest BCUT2D eigenvalue weighted by atomic mass is 16.5. The van der Waals surface area contributed by atoms with Gasteiger partial charge in [-0.2, -0.15) is 0 Å². The summed E-state index contributed by atoms with van der Waals surface area (Å²) < 4.78 is 5.56. The lowest BCUT2D eigenvalue weighted by molar-refractivity contribution is -0.115. The highest BCUT2D eigenvalue weighted by Crippen LogP contribution is 2.31. The number of methoxy groups -OCH3 is 1. The summed E-state index contributed by atoms with van der Waals surface area (Å²) in [6, 6.07) is 23.3. The van der Waals surface area contributed by atoms with Crippen molar-refractivity contribution in [1.82, 2.24) is 0 Å². The van der Waals surface area contributed by atoms with Gasteiger partial charge in [-0.1, -0.05) is 42.5 Å². The fourth-order valence-electron chi connectivity index (χ4n) is 3.87. The molecule has 6 nitrogen and oxygen atoms in total. The lowest BCUT2D eigenvalue weighted by Crippen LogP contribution is -2.41. The van der Waals surface area contributed by atoms with Gasteiger partial charge in [0.1, 0.15) is 6.23 Å². The van der Waals surface area contributed by atoms with Crippen LogP contribution >= 0.6 is 0 Å². The van der Waals surface area contributed by atoms with E-state index in [1.807, 2.05) is 30.3 Å². The second-order valence-electron chi connectivity index (χ2n) is 7.63. The number of carbonyl (C=O) groups excluding carboxylic acids is 3. The Morgan fingerprint density at radius 1 is 0.969 bits per heavy atom. The maximum absolute atomic E-state index is 13.4. The molecule has 1 N–H and O–H groups in total. The molecular formula is C26H24N2O4. The summed E-state index contributed by atoms with van der Waals surface area (Å²) in [5.74, 6) is -0.383. The van der Waals surface area contributed by atoms with Crippen LogP contribution in [0.5, 0.6) is 0 Å². The van der Waals surface area contributed by atoms with Crippen LogP contribution < -0.4 is 10.2 Å². The number of nitrogens with one attached hydrogen (secondary N) is 1. The minimum atomic E-state index is -0.536. The van der Waals surface area contributed by atoms with Gasteiger partial charge >= 0.3 is 0 Å². The number of para-hydroxylation sites is 2. The van der Waals surface area contributed by atoms with E-state index in [2.05, 4.69) is 5.32 Å². The van der Waals surface area contributed by atoms with Crippen LogP contribution in [0.4, 0.5) is 11.4 Å². The summed E-state index contributed by atoms with van der Waals surface area (Å²) in [5, 5.41) is 2.85. The lowest BCUT2D eigenvalue weighted by atomic mass is 10.1. The van der Waals surface area contributed by atoms with Crippen LogP contribution in [0, 0.1) is 0 Å². The SMILES string of the molecule is COC1CCC(=O)c2ccccc2N1C(=O)c1ccc(CC(=O)Nc2ccccc2)cc1. The van der Waals surface area contributed by atoms with Gasteiger partial charge in [-0.25, -0.2) is 0 Å². The van der Waals surface area contributed by atoms with Gasteiger partial charge in [0, 0.05) is 30.3 Å². The Hall–Kier alpha value is -3.77. The third-order valence-electron chi connectivity index (χ3n) is 5.48. The predicted molar refractivity (Wildman–Crippen MR) is 123 cm³/mol. The quantitative estimate of drug-likeness (QED) is 0.651. The second kappa shape index (κ2) is 9.58. The molecule has 6 heteroatoms. The number of amides is 2. The van der Waals surface area contributed by atoms with E-state index in [-0.39, 0.29) is 24.0 Å². The molecule has 1 unspecified atom stereocenters. The average molecular weight is 428 g/mol. The normalized spacial score (nSPS) is 15.6. The molecule has 0 saturated carbocycles. The Balaban J connectivity index is 1.53. The number of anilines is 2. The molecule has 0 spiro atoms. The minimum Gasteiger partial charge on any atom is -0.361 e. The zero-order chi connectivity index (χ0) is 22.5. The van der Waals surface area contributed by atoms with E-state index in [1.165, 1.54) is 7.11 Å². The summed E-state index contributed by atoms with van der Waals surface area (Å²) in [6.07, 6.45) is 0.402. The maximum Gasteiger partial charge on any atom is 0.260 e. The predicted octanol–water partition coefficient (Wildman–Crippen LogP) is 4.46. The molecule has 32 heavy (non-hydrogen) atoms. The number of nitrogens with zero attached hydrogens (tertiary/aromatic N) is 1. The monoisotopic (exact) mass is 428 g/mol. The van der Waals surface area contributed by atoms with Crippen LogP contribution in [-0.4, -0.2) is 30.9 Å². The number of ether oxygens (including phenoxy) is 1. The zero-order valence-electron chi connectivity index (χ0n) is 17.8. The van der Waals surface area contributed by atoms with Gasteiger partial charge in [-0.15, -0.1) is 0 Å². The molecule has 0 radical (unpaired) electrons. The van der Waals surface area contributed by atoms with Gasteiger partial charge in [0.2, 0.25) is 5.91 Å². The Morgan fingerprint density at radius 3 is 2.38 bits per heavy atom. The van der Waals surface area contributed by atoms with Crippen molar-refractivity contribution in [2.75, 3.05) is 17.3 Å². The second-order valence-corrected chi connectivity index (χ2v) is 7.63. The van der Waals surface area contributed by atoms with Crippen molar-refractivity contribution >= 4 is 29.0 Å². The number of hydrogen-bond donors (Lipinski definition) is 1. The van der Waals surface area contributed by atoms with E-state index >= 15 is 0 Å². The summed E-state index contributed by atoms with van der Waals surface area (Å²) in [4.78, 5) is 39.8. The van der Waals surface area contributed by atoms with Crippen molar-refractivity contribution in [1.29, 1.82) is 0 Å². The maximum atomic E-state index is 13.4. The highest BCUT2D eigenvalue weighted by molar-refractivity contribution is 6.12. The van der Waals surface area contributed by atoms with Crippen molar-refractivity contribution in [3.63, 3.8) is 0 Å². The molecule has 0 bridgehead atoms. The van der Waals surface area contributed by atoms with Crippen LogP contribution in [-0.2, 0) is 16.0 Å². The molecule has 1 heterocycles. The van der Waals surface area contributed by atoms with Crippen LogP contribution in [0.25, 0.3) is 0 Å². The summed E-state index contributed by atoms with van der Waals surface area (Å²) in [6.45, 7) is 0. The lowest BCUT2D eigenvalue weighted by Gasteiger charge is -2.30. The van der Waals surface area contributed by atoms with Gasteiger partial charge in [-0.05, 0) is 48.4 Å². The molecular weight excluding hydrogens is 404 g/mol. The first-order valence-corrected chi connectivity index (χ1v) is 10.5. The molecule has 0 saturated heterocycles. The van der Waals surface area contributed by atoms with E-state index in [4.69, 9.17) is 4.74 Å². The molecule has 4 rings (SSSR count). The van der Waals surface area contributed by atoms with E-state index in [9.17, 15) is 14.4 Å². The molecule has 1 atom stereocenters. The van der Waals surface area contributed by atoms with Gasteiger partial charge in [0.05, 0.1) is 12.1 Å². The molecule has 0 aliphatic carbocycles. The average Bonchev–Trinajstić information content (AvgIpc) is 2.96. The Kier molecular flexibility index (Phi) is 6.42. The van der Waals surface area contributed by atoms with Crippen molar-refractivity contribution in [3.8, 4) is 0 Å². The first-order valence-electron chi connectivity index (χ1n) is 10.5.